The number of amides is 2. The highest BCUT2D eigenvalue weighted by molar-refractivity contribution is 6.30. The van der Waals surface area contributed by atoms with Crippen molar-refractivity contribution in [2.24, 2.45) is 0 Å². The van der Waals surface area contributed by atoms with E-state index < -0.39 is 5.54 Å². The summed E-state index contributed by atoms with van der Waals surface area (Å²) < 4.78 is 0. The number of nitrogens with one attached hydrogen (secondary N) is 1. The topological polar surface area (TPSA) is 49.4 Å². The van der Waals surface area contributed by atoms with Crippen LogP contribution >= 0.6 is 11.6 Å². The quantitative estimate of drug-likeness (QED) is 0.827. The summed E-state index contributed by atoms with van der Waals surface area (Å²) >= 11 is 5.89. The fourth-order valence-corrected chi connectivity index (χ4v) is 2.11. The molecule has 96 valence electrons. The predicted octanol–water partition coefficient (Wildman–Crippen LogP) is 1.58. The zero-order valence-electron chi connectivity index (χ0n) is 10.4. The second kappa shape index (κ2) is 4.71. The molecule has 1 fully saturated rings. The van der Waals surface area contributed by atoms with E-state index in [-0.39, 0.29) is 24.9 Å². The second-order valence-corrected chi connectivity index (χ2v) is 5.33. The monoisotopic (exact) mass is 266 g/mol. The van der Waals surface area contributed by atoms with Crippen LogP contribution in [0.4, 0.5) is 0 Å². The van der Waals surface area contributed by atoms with Crippen LogP contribution in [-0.4, -0.2) is 28.8 Å². The number of imide groups is 1. The molecule has 1 aliphatic heterocycles. The van der Waals surface area contributed by atoms with E-state index in [0.717, 1.165) is 5.56 Å². The molecule has 0 saturated carbocycles. The zero-order chi connectivity index (χ0) is 13.3. The molecule has 1 N–H and O–H groups in total. The van der Waals surface area contributed by atoms with Crippen molar-refractivity contribution >= 4 is 23.4 Å². The minimum Gasteiger partial charge on any atom is -0.295 e. The molecule has 1 saturated heterocycles. The average Bonchev–Trinajstić information content (AvgIpc) is 2.31. The van der Waals surface area contributed by atoms with E-state index in [4.69, 9.17) is 11.6 Å². The lowest BCUT2D eigenvalue weighted by atomic mass is 10.00. The maximum Gasteiger partial charge on any atom is 0.249 e. The normalized spacial score (nSPS) is 19.2. The molecule has 1 heterocycles. The van der Waals surface area contributed by atoms with Gasteiger partial charge in [-0.1, -0.05) is 23.7 Å². The Morgan fingerprint density at radius 3 is 2.78 bits per heavy atom. The number of benzene rings is 1. The fourth-order valence-electron chi connectivity index (χ4n) is 1.90. The van der Waals surface area contributed by atoms with Crippen LogP contribution < -0.4 is 5.32 Å². The number of hydrogen-bond donors (Lipinski definition) is 1. The van der Waals surface area contributed by atoms with Gasteiger partial charge >= 0.3 is 0 Å². The summed E-state index contributed by atoms with van der Waals surface area (Å²) in [5.41, 5.74) is 0.147. The summed E-state index contributed by atoms with van der Waals surface area (Å²) in [5, 5.41) is 3.52. The fraction of sp³-hybridized carbons (Fsp3) is 0.385. The Hall–Kier alpha value is -1.39. The molecular formula is C13H15ClN2O2. The number of rotatable bonds is 2. The third kappa shape index (κ3) is 2.54. The van der Waals surface area contributed by atoms with Gasteiger partial charge in [-0.05, 0) is 31.5 Å². The molecule has 1 aromatic rings. The van der Waals surface area contributed by atoms with E-state index in [0.29, 0.717) is 5.02 Å². The summed E-state index contributed by atoms with van der Waals surface area (Å²) in [6.07, 6.45) is 0. The van der Waals surface area contributed by atoms with E-state index in [1.807, 2.05) is 6.07 Å². The van der Waals surface area contributed by atoms with Crippen LogP contribution in [0.1, 0.15) is 19.4 Å². The number of hydrogen-bond acceptors (Lipinski definition) is 3. The molecule has 0 aromatic heterocycles. The Labute approximate surface area is 111 Å². The van der Waals surface area contributed by atoms with Crippen LogP contribution in [0.5, 0.6) is 0 Å². The van der Waals surface area contributed by atoms with Gasteiger partial charge in [-0.3, -0.25) is 19.8 Å². The lowest BCUT2D eigenvalue weighted by molar-refractivity contribution is -0.153. The minimum absolute atomic E-state index is 0.180. The van der Waals surface area contributed by atoms with Crippen LogP contribution in [0.2, 0.25) is 5.02 Å². The molecule has 4 nitrogen and oxygen atoms in total. The molecule has 1 aliphatic rings. The van der Waals surface area contributed by atoms with Crippen molar-refractivity contribution < 1.29 is 9.59 Å². The van der Waals surface area contributed by atoms with Gasteiger partial charge in [0.2, 0.25) is 11.8 Å². The molecule has 5 heteroatoms. The minimum atomic E-state index is -0.702. The Bertz CT molecular complexity index is 500. The van der Waals surface area contributed by atoms with Crippen LogP contribution in [0.15, 0.2) is 24.3 Å². The Kier molecular flexibility index (Phi) is 3.41. The lowest BCUT2D eigenvalue weighted by Gasteiger charge is -2.36. The van der Waals surface area contributed by atoms with Gasteiger partial charge in [0.05, 0.1) is 18.6 Å². The smallest absolute Gasteiger partial charge is 0.249 e. The first kappa shape index (κ1) is 13.1. The first-order valence-corrected chi connectivity index (χ1v) is 6.12. The maximum atomic E-state index is 12.2. The summed E-state index contributed by atoms with van der Waals surface area (Å²) in [5.74, 6) is -0.418. The summed E-state index contributed by atoms with van der Waals surface area (Å²) in [6.45, 7) is 3.99. The zero-order valence-corrected chi connectivity index (χ0v) is 11.1. The van der Waals surface area contributed by atoms with Crippen molar-refractivity contribution in [1.29, 1.82) is 0 Å². The Morgan fingerprint density at radius 2 is 2.11 bits per heavy atom. The maximum absolute atomic E-state index is 12.2. The number of halogens is 1. The molecule has 2 amide bonds. The van der Waals surface area contributed by atoms with Crippen LogP contribution in [0, 0.1) is 0 Å². The highest BCUT2D eigenvalue weighted by Crippen LogP contribution is 2.18. The van der Waals surface area contributed by atoms with Crippen molar-refractivity contribution in [3.63, 3.8) is 0 Å². The summed E-state index contributed by atoms with van der Waals surface area (Å²) in [7, 11) is 0. The highest BCUT2D eigenvalue weighted by atomic mass is 35.5. The lowest BCUT2D eigenvalue weighted by Crippen LogP contribution is -2.63. The van der Waals surface area contributed by atoms with E-state index in [1.54, 1.807) is 32.0 Å². The molecule has 1 aromatic carbocycles. The molecule has 0 atom stereocenters. The van der Waals surface area contributed by atoms with Crippen molar-refractivity contribution in [3.05, 3.63) is 34.9 Å². The van der Waals surface area contributed by atoms with Crippen molar-refractivity contribution in [1.82, 2.24) is 10.2 Å². The van der Waals surface area contributed by atoms with Crippen molar-refractivity contribution in [2.75, 3.05) is 6.54 Å². The first-order chi connectivity index (χ1) is 8.40. The predicted molar refractivity (Wildman–Crippen MR) is 69.1 cm³/mol. The second-order valence-electron chi connectivity index (χ2n) is 4.89. The van der Waals surface area contributed by atoms with Crippen molar-refractivity contribution in [2.45, 2.75) is 25.9 Å². The van der Waals surface area contributed by atoms with Crippen LogP contribution in [-0.2, 0) is 16.1 Å². The van der Waals surface area contributed by atoms with Gasteiger partial charge in [0.15, 0.2) is 0 Å². The number of carbonyl (C=O) groups is 2. The first-order valence-electron chi connectivity index (χ1n) is 5.74. The summed E-state index contributed by atoms with van der Waals surface area (Å²) in [6, 6.07) is 7.18. The van der Waals surface area contributed by atoms with Crippen LogP contribution in [0.25, 0.3) is 0 Å². The Morgan fingerprint density at radius 1 is 1.39 bits per heavy atom. The van der Waals surface area contributed by atoms with E-state index >= 15 is 0 Å². The SMILES string of the molecule is CC1(C)NCC(=O)N(Cc2cccc(Cl)c2)C1=O. The largest absolute Gasteiger partial charge is 0.295 e. The van der Waals surface area contributed by atoms with Gasteiger partial charge in [0.1, 0.15) is 0 Å². The molecule has 0 aliphatic carbocycles. The third-order valence-electron chi connectivity index (χ3n) is 2.99. The standard InChI is InChI=1S/C13H15ClN2O2/c1-13(2)12(18)16(11(17)7-15-13)8-9-4-3-5-10(14)6-9/h3-6,15H,7-8H2,1-2H3. The third-order valence-corrected chi connectivity index (χ3v) is 3.23. The number of carbonyl (C=O) groups excluding carboxylic acids is 2. The molecule has 0 bridgehead atoms. The van der Waals surface area contributed by atoms with Crippen LogP contribution in [0.3, 0.4) is 0 Å². The molecule has 0 unspecified atom stereocenters. The van der Waals surface area contributed by atoms with E-state index in [1.165, 1.54) is 4.90 Å². The molecule has 18 heavy (non-hydrogen) atoms. The molecular weight excluding hydrogens is 252 g/mol. The highest BCUT2D eigenvalue weighted by Gasteiger charge is 2.39. The van der Waals surface area contributed by atoms with Gasteiger partial charge in [-0.2, -0.15) is 0 Å². The average molecular weight is 267 g/mol. The van der Waals surface area contributed by atoms with Crippen molar-refractivity contribution in [3.8, 4) is 0 Å². The van der Waals surface area contributed by atoms with Gasteiger partial charge in [0, 0.05) is 5.02 Å². The number of nitrogens with zero attached hydrogens (tertiary/aromatic N) is 1. The molecule has 0 radical (unpaired) electrons. The van der Waals surface area contributed by atoms with E-state index in [2.05, 4.69) is 5.32 Å². The number of piperazine rings is 1. The van der Waals surface area contributed by atoms with Gasteiger partial charge in [0.25, 0.3) is 0 Å². The van der Waals surface area contributed by atoms with E-state index in [9.17, 15) is 9.59 Å². The van der Waals surface area contributed by atoms with Gasteiger partial charge in [-0.15, -0.1) is 0 Å². The summed E-state index contributed by atoms with van der Waals surface area (Å²) in [4.78, 5) is 25.2. The van der Waals surface area contributed by atoms with Gasteiger partial charge < -0.3 is 0 Å². The molecule has 2 rings (SSSR count). The van der Waals surface area contributed by atoms with Gasteiger partial charge in [-0.25, -0.2) is 0 Å². The molecule has 0 spiro atoms. The Balaban J connectivity index is 2.21.